The molecule has 1 aromatic heterocycles. The van der Waals surface area contributed by atoms with E-state index >= 15 is 0 Å². The number of hydrogen-bond donors (Lipinski definition) is 3. The third-order valence-corrected chi connectivity index (χ3v) is 3.37. The number of aromatic nitrogens is 2. The van der Waals surface area contributed by atoms with Crippen LogP contribution in [0.2, 0.25) is 0 Å². The Bertz CT molecular complexity index is 529. The number of rotatable bonds is 4. The molecule has 0 aromatic carbocycles. The first-order valence-electron chi connectivity index (χ1n) is 4.13. The Labute approximate surface area is 90.4 Å². The van der Waals surface area contributed by atoms with Crippen molar-refractivity contribution in [1.29, 1.82) is 0 Å². The number of carboxylic acids is 1. The molecule has 0 fully saturated rings. The van der Waals surface area contributed by atoms with Gasteiger partial charge in [-0.2, -0.15) is 5.10 Å². The average molecular weight is 247 g/mol. The lowest BCUT2D eigenvalue weighted by Gasteiger charge is -2.09. The fraction of sp³-hybridized carbons (Fsp3) is 0.286. The van der Waals surface area contributed by atoms with E-state index in [1.54, 1.807) is 0 Å². The molecule has 3 N–H and O–H groups in total. The summed E-state index contributed by atoms with van der Waals surface area (Å²) in [7, 11) is -4.06. The Morgan fingerprint density at radius 1 is 1.56 bits per heavy atom. The Morgan fingerprint density at radius 2 is 2.19 bits per heavy atom. The zero-order chi connectivity index (χ0) is 12.3. The Kier molecular flexibility index (Phi) is 3.28. The highest BCUT2D eigenvalue weighted by atomic mass is 32.2. The number of aromatic amines is 1. The van der Waals surface area contributed by atoms with Crippen LogP contribution in [0.1, 0.15) is 6.92 Å². The van der Waals surface area contributed by atoms with E-state index in [4.69, 9.17) is 5.11 Å². The summed E-state index contributed by atoms with van der Waals surface area (Å²) in [6.45, 7) is 1.02. The lowest BCUT2D eigenvalue weighted by atomic mass is 10.5. The van der Waals surface area contributed by atoms with Crippen molar-refractivity contribution in [3.8, 4) is 0 Å². The number of carboxylic acid groups (broad SMARTS) is 1. The van der Waals surface area contributed by atoms with E-state index in [1.807, 2.05) is 9.82 Å². The molecule has 1 unspecified atom stereocenters. The summed E-state index contributed by atoms with van der Waals surface area (Å²) >= 11 is 0. The lowest BCUT2D eigenvalue weighted by molar-refractivity contribution is -0.136. The summed E-state index contributed by atoms with van der Waals surface area (Å²) in [6, 6.07) is 2.20. The molecule has 0 aliphatic rings. The monoisotopic (exact) mass is 247 g/mol. The maximum Gasteiger partial charge on any atom is 0.323 e. The van der Waals surface area contributed by atoms with E-state index in [1.165, 1.54) is 0 Å². The number of nitrogens with one attached hydrogen (secondary N) is 2. The Hall–Kier alpha value is -1.90. The van der Waals surface area contributed by atoms with Crippen LogP contribution in [0.25, 0.3) is 0 Å². The predicted molar refractivity (Wildman–Crippen MR) is 54.5 cm³/mol. The zero-order valence-electron chi connectivity index (χ0n) is 8.17. The van der Waals surface area contributed by atoms with E-state index < -0.39 is 26.8 Å². The normalized spacial score (nSPS) is 13.1. The molecule has 0 bridgehead atoms. The Morgan fingerprint density at radius 3 is 2.62 bits per heavy atom. The van der Waals surface area contributed by atoms with Gasteiger partial charge in [-0.3, -0.25) is 14.3 Å². The van der Waals surface area contributed by atoms with Gasteiger partial charge >= 0.3 is 5.97 Å². The molecule has 8 nitrogen and oxygen atoms in total. The lowest BCUT2D eigenvalue weighted by Crippen LogP contribution is -2.32. The standard InChI is InChI=1S/C7H9N3O5S/c1-4(7(12)13)16(14,15)10-5-2-3-6(11)9-8-5/h2-4H,1H3,(H,8,10)(H,9,11)(H,12,13). The van der Waals surface area contributed by atoms with E-state index in [0.717, 1.165) is 19.1 Å². The van der Waals surface area contributed by atoms with E-state index in [-0.39, 0.29) is 5.82 Å². The zero-order valence-corrected chi connectivity index (χ0v) is 8.98. The number of H-pyrrole nitrogens is 1. The summed E-state index contributed by atoms with van der Waals surface area (Å²) in [5.41, 5.74) is -0.491. The van der Waals surface area contributed by atoms with Gasteiger partial charge in [0, 0.05) is 6.07 Å². The van der Waals surface area contributed by atoms with Gasteiger partial charge in [0.25, 0.3) is 5.56 Å². The molecule has 0 saturated heterocycles. The van der Waals surface area contributed by atoms with Crippen LogP contribution in [0.3, 0.4) is 0 Å². The van der Waals surface area contributed by atoms with E-state index in [2.05, 4.69) is 5.10 Å². The maximum atomic E-state index is 11.4. The summed E-state index contributed by atoms with van der Waals surface area (Å²) in [5, 5.41) is 12.3. The second-order valence-electron chi connectivity index (χ2n) is 2.93. The molecule has 0 spiro atoms. The molecule has 0 aliphatic heterocycles. The first kappa shape index (κ1) is 12.2. The number of hydrogen-bond acceptors (Lipinski definition) is 5. The fourth-order valence-electron chi connectivity index (χ4n) is 0.768. The second kappa shape index (κ2) is 4.31. The topological polar surface area (TPSA) is 129 Å². The van der Waals surface area contributed by atoms with Gasteiger partial charge in [-0.05, 0) is 13.0 Å². The van der Waals surface area contributed by atoms with Crippen molar-refractivity contribution < 1.29 is 18.3 Å². The minimum absolute atomic E-state index is 0.146. The molecular formula is C7H9N3O5S. The molecule has 1 aromatic rings. The van der Waals surface area contributed by atoms with Crippen LogP contribution in [-0.4, -0.2) is 34.9 Å². The van der Waals surface area contributed by atoms with Crippen LogP contribution >= 0.6 is 0 Å². The van der Waals surface area contributed by atoms with Crippen LogP contribution in [0.4, 0.5) is 5.82 Å². The van der Waals surface area contributed by atoms with Gasteiger partial charge in [0.1, 0.15) is 0 Å². The van der Waals surface area contributed by atoms with Gasteiger partial charge in [0.05, 0.1) is 0 Å². The molecule has 0 radical (unpaired) electrons. The highest BCUT2D eigenvalue weighted by molar-refractivity contribution is 7.94. The Balaban J connectivity index is 2.93. The molecule has 1 rings (SSSR count). The largest absolute Gasteiger partial charge is 0.480 e. The van der Waals surface area contributed by atoms with Crippen molar-refractivity contribution in [2.45, 2.75) is 12.2 Å². The van der Waals surface area contributed by atoms with Crippen LogP contribution in [0, 0.1) is 0 Å². The van der Waals surface area contributed by atoms with Gasteiger partial charge in [0.15, 0.2) is 11.1 Å². The maximum absolute atomic E-state index is 11.4. The third kappa shape index (κ3) is 2.79. The van der Waals surface area contributed by atoms with Crippen LogP contribution in [0.5, 0.6) is 0 Å². The molecule has 9 heteroatoms. The predicted octanol–water partition coefficient (Wildman–Crippen LogP) is -1.02. The molecule has 0 saturated carbocycles. The van der Waals surface area contributed by atoms with Gasteiger partial charge in [-0.1, -0.05) is 0 Å². The van der Waals surface area contributed by atoms with Gasteiger partial charge in [0.2, 0.25) is 10.0 Å². The van der Waals surface area contributed by atoms with E-state index in [0.29, 0.717) is 0 Å². The first-order valence-corrected chi connectivity index (χ1v) is 5.68. The number of sulfonamides is 1. The summed E-state index contributed by atoms with van der Waals surface area (Å²) in [5.74, 6) is -1.62. The van der Waals surface area contributed by atoms with Gasteiger partial charge in [-0.15, -0.1) is 0 Å². The highest BCUT2D eigenvalue weighted by Gasteiger charge is 2.27. The summed E-state index contributed by atoms with van der Waals surface area (Å²) in [6.07, 6.45) is 0. The van der Waals surface area contributed by atoms with Crippen molar-refractivity contribution in [2.24, 2.45) is 0 Å². The van der Waals surface area contributed by atoms with Crippen molar-refractivity contribution in [2.75, 3.05) is 4.72 Å². The first-order chi connectivity index (χ1) is 7.33. The smallest absolute Gasteiger partial charge is 0.323 e. The van der Waals surface area contributed by atoms with E-state index in [9.17, 15) is 18.0 Å². The summed E-state index contributed by atoms with van der Waals surface area (Å²) < 4.78 is 24.7. The minimum Gasteiger partial charge on any atom is -0.480 e. The van der Waals surface area contributed by atoms with Gasteiger partial charge < -0.3 is 5.11 Å². The molecule has 1 atom stereocenters. The SMILES string of the molecule is CC(C(=O)O)S(=O)(=O)Nc1ccc(=O)[nH]n1. The van der Waals surface area contributed by atoms with Crippen molar-refractivity contribution in [1.82, 2.24) is 10.2 Å². The van der Waals surface area contributed by atoms with Crippen LogP contribution in [-0.2, 0) is 14.8 Å². The average Bonchev–Trinajstić information content (AvgIpc) is 2.20. The quantitative estimate of drug-likeness (QED) is 0.624. The molecule has 0 amide bonds. The molecule has 0 aliphatic carbocycles. The van der Waals surface area contributed by atoms with Crippen LogP contribution in [0.15, 0.2) is 16.9 Å². The van der Waals surface area contributed by atoms with Gasteiger partial charge in [-0.25, -0.2) is 13.5 Å². The number of carbonyl (C=O) groups is 1. The van der Waals surface area contributed by atoms with Crippen molar-refractivity contribution >= 4 is 21.8 Å². The van der Waals surface area contributed by atoms with Crippen molar-refractivity contribution in [3.05, 3.63) is 22.5 Å². The minimum atomic E-state index is -4.06. The third-order valence-electron chi connectivity index (χ3n) is 1.74. The number of anilines is 1. The molecule has 1 heterocycles. The van der Waals surface area contributed by atoms with Crippen LogP contribution < -0.4 is 10.3 Å². The highest BCUT2D eigenvalue weighted by Crippen LogP contribution is 2.06. The molecule has 16 heavy (non-hydrogen) atoms. The number of aliphatic carboxylic acids is 1. The molecule has 88 valence electrons. The second-order valence-corrected chi connectivity index (χ2v) is 4.94. The fourth-order valence-corrected chi connectivity index (χ4v) is 1.62. The number of nitrogens with zero attached hydrogens (tertiary/aromatic N) is 1. The van der Waals surface area contributed by atoms with Crippen molar-refractivity contribution in [3.63, 3.8) is 0 Å². The molecular weight excluding hydrogens is 238 g/mol. The summed E-state index contributed by atoms with van der Waals surface area (Å²) in [4.78, 5) is 21.1.